The molecule has 9 heteroatoms. The van der Waals surface area contributed by atoms with Crippen molar-refractivity contribution in [2.75, 3.05) is 14.2 Å². The second-order valence-corrected chi connectivity index (χ2v) is 9.51. The van der Waals surface area contributed by atoms with Crippen LogP contribution in [-0.4, -0.2) is 47.7 Å². The quantitative estimate of drug-likeness (QED) is 0.629. The summed E-state index contributed by atoms with van der Waals surface area (Å²) in [6, 6.07) is -0.738. The van der Waals surface area contributed by atoms with Crippen LogP contribution in [0, 0.1) is 12.8 Å². The molecule has 0 spiro atoms. The van der Waals surface area contributed by atoms with Gasteiger partial charge in [-0.05, 0) is 45.6 Å². The van der Waals surface area contributed by atoms with E-state index in [0.717, 1.165) is 0 Å². The topological polar surface area (TPSA) is 99.6 Å². The van der Waals surface area contributed by atoms with Crippen molar-refractivity contribution in [3.8, 4) is 5.88 Å². The molecule has 2 aromatic heterocycles. The van der Waals surface area contributed by atoms with Crippen molar-refractivity contribution in [1.29, 1.82) is 0 Å². The molecule has 0 aliphatic carbocycles. The summed E-state index contributed by atoms with van der Waals surface area (Å²) in [6.07, 6.45) is 0.478. The molecule has 0 aliphatic rings. The number of carbonyl (C=O) groups excluding carboxylic acids is 2. The number of hydrogen-bond donors (Lipinski definition) is 1. The standard InChI is InChI=1S/C21H31N3O5S/c1-11(2)9-13(20(26)29-21(4,5)6)22-17(25)16-12(3)15-18(28-8)23-14(10-27-7)24-19(15)30-16/h11,13H,9-10H2,1-8H3,(H,22,25)/t13-/m1/s1. The predicted octanol–water partition coefficient (Wildman–Crippen LogP) is 3.64. The number of aryl methyl sites for hydroxylation is 1. The molecular formula is C21H31N3O5S. The van der Waals surface area contributed by atoms with Crippen LogP contribution < -0.4 is 10.1 Å². The fourth-order valence-electron chi connectivity index (χ4n) is 2.98. The summed E-state index contributed by atoms with van der Waals surface area (Å²) in [4.78, 5) is 35.7. The Morgan fingerprint density at radius 1 is 1.17 bits per heavy atom. The molecule has 0 saturated heterocycles. The van der Waals surface area contributed by atoms with E-state index >= 15 is 0 Å². The lowest BCUT2D eigenvalue weighted by atomic mass is 10.0. The summed E-state index contributed by atoms with van der Waals surface area (Å²) in [5, 5.41) is 3.53. The van der Waals surface area contributed by atoms with Gasteiger partial charge in [-0.3, -0.25) is 4.79 Å². The van der Waals surface area contributed by atoms with Gasteiger partial charge in [0.25, 0.3) is 5.91 Å². The van der Waals surface area contributed by atoms with Crippen molar-refractivity contribution in [1.82, 2.24) is 15.3 Å². The van der Waals surface area contributed by atoms with Crippen molar-refractivity contribution in [2.24, 2.45) is 5.92 Å². The predicted molar refractivity (Wildman–Crippen MR) is 116 cm³/mol. The zero-order chi connectivity index (χ0) is 22.6. The van der Waals surface area contributed by atoms with Gasteiger partial charge in [-0.15, -0.1) is 11.3 Å². The summed E-state index contributed by atoms with van der Waals surface area (Å²) in [6.45, 7) is 11.5. The smallest absolute Gasteiger partial charge is 0.329 e. The lowest BCUT2D eigenvalue weighted by Crippen LogP contribution is -2.44. The Bertz CT molecular complexity index is 917. The summed E-state index contributed by atoms with van der Waals surface area (Å²) < 4.78 is 16.0. The molecule has 2 heterocycles. The van der Waals surface area contributed by atoms with Crippen molar-refractivity contribution in [2.45, 2.75) is 66.2 Å². The van der Waals surface area contributed by atoms with Gasteiger partial charge in [0.1, 0.15) is 23.1 Å². The van der Waals surface area contributed by atoms with Crippen LogP contribution in [0.3, 0.4) is 0 Å². The Morgan fingerprint density at radius 3 is 2.37 bits per heavy atom. The molecule has 0 fully saturated rings. The summed E-state index contributed by atoms with van der Waals surface area (Å²) in [5.74, 6) is 0.284. The van der Waals surface area contributed by atoms with E-state index in [0.29, 0.717) is 38.8 Å². The molecule has 1 amide bonds. The van der Waals surface area contributed by atoms with E-state index in [2.05, 4.69) is 15.3 Å². The second kappa shape index (κ2) is 9.70. The zero-order valence-corrected chi connectivity index (χ0v) is 19.7. The average Bonchev–Trinajstić information content (AvgIpc) is 2.95. The van der Waals surface area contributed by atoms with Gasteiger partial charge in [-0.25, -0.2) is 9.78 Å². The number of carbonyl (C=O) groups is 2. The minimum Gasteiger partial charge on any atom is -0.480 e. The number of rotatable bonds is 8. The first-order chi connectivity index (χ1) is 14.0. The third-order valence-corrected chi connectivity index (χ3v) is 5.36. The van der Waals surface area contributed by atoms with Gasteiger partial charge in [0.05, 0.1) is 17.4 Å². The van der Waals surface area contributed by atoms with Crippen LogP contribution in [-0.2, 0) is 20.9 Å². The highest BCUT2D eigenvalue weighted by atomic mass is 32.1. The molecule has 2 rings (SSSR count). The summed E-state index contributed by atoms with van der Waals surface area (Å²) >= 11 is 1.24. The monoisotopic (exact) mass is 437 g/mol. The number of amides is 1. The Balaban J connectivity index is 2.37. The molecule has 0 bridgehead atoms. The molecule has 8 nitrogen and oxygen atoms in total. The zero-order valence-electron chi connectivity index (χ0n) is 18.9. The maximum atomic E-state index is 13.1. The molecule has 2 aromatic rings. The first-order valence-electron chi connectivity index (χ1n) is 9.83. The number of ether oxygens (including phenoxy) is 3. The Morgan fingerprint density at radius 2 is 1.83 bits per heavy atom. The third kappa shape index (κ3) is 5.89. The van der Waals surface area contributed by atoms with Crippen LogP contribution in [0.15, 0.2) is 0 Å². The van der Waals surface area contributed by atoms with Gasteiger partial charge < -0.3 is 19.5 Å². The maximum Gasteiger partial charge on any atom is 0.329 e. The second-order valence-electron chi connectivity index (χ2n) is 8.51. The lowest BCUT2D eigenvalue weighted by molar-refractivity contribution is -0.157. The van der Waals surface area contributed by atoms with Gasteiger partial charge in [-0.1, -0.05) is 13.8 Å². The Labute approximate surface area is 181 Å². The Kier molecular flexibility index (Phi) is 7.76. The van der Waals surface area contributed by atoms with E-state index in [4.69, 9.17) is 14.2 Å². The fourth-order valence-corrected chi connectivity index (χ4v) is 4.08. The number of fused-ring (bicyclic) bond motifs is 1. The van der Waals surface area contributed by atoms with Gasteiger partial charge in [-0.2, -0.15) is 4.98 Å². The molecule has 0 saturated carbocycles. The minimum absolute atomic E-state index is 0.203. The average molecular weight is 438 g/mol. The van der Waals surface area contributed by atoms with Gasteiger partial charge >= 0.3 is 5.97 Å². The van der Waals surface area contributed by atoms with Crippen LogP contribution >= 0.6 is 11.3 Å². The number of hydrogen-bond acceptors (Lipinski definition) is 8. The number of thiophene rings is 1. The highest BCUT2D eigenvalue weighted by molar-refractivity contribution is 7.20. The van der Waals surface area contributed by atoms with E-state index in [1.807, 2.05) is 20.8 Å². The molecule has 0 radical (unpaired) electrons. The molecule has 166 valence electrons. The van der Waals surface area contributed by atoms with Crippen molar-refractivity contribution in [3.05, 3.63) is 16.3 Å². The number of methoxy groups -OCH3 is 2. The third-order valence-electron chi connectivity index (χ3n) is 4.18. The van der Waals surface area contributed by atoms with Crippen LogP contribution in [0.4, 0.5) is 0 Å². The van der Waals surface area contributed by atoms with Gasteiger partial charge in [0, 0.05) is 7.11 Å². The van der Waals surface area contributed by atoms with Crippen LogP contribution in [0.1, 0.15) is 62.1 Å². The van der Waals surface area contributed by atoms with E-state index in [1.54, 1.807) is 27.9 Å². The van der Waals surface area contributed by atoms with Crippen LogP contribution in [0.5, 0.6) is 5.88 Å². The maximum absolute atomic E-state index is 13.1. The SMILES string of the molecule is COCc1nc(OC)c2c(C)c(C(=O)N[C@H](CC(C)C)C(=O)OC(C)(C)C)sc2n1. The lowest BCUT2D eigenvalue weighted by Gasteiger charge is -2.25. The van der Waals surface area contributed by atoms with Crippen LogP contribution in [0.2, 0.25) is 0 Å². The summed E-state index contributed by atoms with van der Waals surface area (Å²) in [5.41, 5.74) is 0.0754. The van der Waals surface area contributed by atoms with Crippen molar-refractivity contribution in [3.63, 3.8) is 0 Å². The molecule has 1 atom stereocenters. The number of nitrogens with zero attached hydrogens (tertiary/aromatic N) is 2. The van der Waals surface area contributed by atoms with E-state index in [-0.39, 0.29) is 18.4 Å². The molecule has 0 unspecified atom stereocenters. The molecule has 0 aromatic carbocycles. The number of aromatic nitrogens is 2. The van der Waals surface area contributed by atoms with Gasteiger partial charge in [0.15, 0.2) is 5.82 Å². The highest BCUT2D eigenvalue weighted by Gasteiger charge is 2.29. The molecular weight excluding hydrogens is 406 g/mol. The first kappa shape index (κ1) is 24.0. The molecule has 1 N–H and O–H groups in total. The van der Waals surface area contributed by atoms with Crippen LogP contribution in [0.25, 0.3) is 10.2 Å². The van der Waals surface area contributed by atoms with Crippen molar-refractivity contribution < 1.29 is 23.8 Å². The first-order valence-corrected chi connectivity index (χ1v) is 10.6. The molecule has 0 aliphatic heterocycles. The van der Waals surface area contributed by atoms with E-state index < -0.39 is 17.6 Å². The fraction of sp³-hybridized carbons (Fsp3) is 0.619. The number of esters is 1. The minimum atomic E-state index is -0.738. The summed E-state index contributed by atoms with van der Waals surface area (Å²) in [7, 11) is 3.08. The van der Waals surface area contributed by atoms with Gasteiger partial charge in [0.2, 0.25) is 5.88 Å². The van der Waals surface area contributed by atoms with E-state index in [1.165, 1.54) is 18.4 Å². The van der Waals surface area contributed by atoms with Crippen molar-refractivity contribution >= 4 is 33.4 Å². The normalized spacial score (nSPS) is 12.8. The molecule has 30 heavy (non-hydrogen) atoms. The number of nitrogens with one attached hydrogen (secondary N) is 1. The highest BCUT2D eigenvalue weighted by Crippen LogP contribution is 2.35. The van der Waals surface area contributed by atoms with E-state index in [9.17, 15) is 9.59 Å². The largest absolute Gasteiger partial charge is 0.480 e. The Hall–Kier alpha value is -2.26.